The van der Waals surface area contributed by atoms with Crippen LogP contribution in [0.5, 0.6) is 5.75 Å². The average molecular weight is 405 g/mol. The largest absolute Gasteiger partial charge is 0.451 e. The third kappa shape index (κ3) is 8.11. The van der Waals surface area contributed by atoms with Gasteiger partial charge in [0, 0.05) is 0 Å². The molecule has 11 heteroatoms. The summed E-state index contributed by atoms with van der Waals surface area (Å²) in [5.74, 6) is -1.26. The maximum atomic E-state index is 12.4. The number of carbonyl (C=O) groups is 3. The van der Waals surface area contributed by atoms with E-state index in [2.05, 4.69) is 15.4 Å². The Balaban J connectivity index is 2.73. The number of esters is 1. The smallest absolute Gasteiger partial charge is 0.387 e. The molecule has 0 aliphatic carbocycles. The predicted molar refractivity (Wildman–Crippen MR) is 96.8 cm³/mol. The Hall–Kier alpha value is -2.56. The van der Waals surface area contributed by atoms with Crippen LogP contribution in [0.4, 0.5) is 19.3 Å². The van der Waals surface area contributed by atoms with Gasteiger partial charge in [-0.3, -0.25) is 4.79 Å². The van der Waals surface area contributed by atoms with Crippen molar-refractivity contribution in [1.29, 1.82) is 0 Å². The minimum Gasteiger partial charge on any atom is -0.451 e. The number of halogens is 2. The number of thioether (sulfide) groups is 1. The molecule has 150 valence electrons. The van der Waals surface area contributed by atoms with Gasteiger partial charge in [0.25, 0.3) is 5.91 Å². The number of hydrogen-bond donors (Lipinski definition) is 3. The zero-order valence-corrected chi connectivity index (χ0v) is 15.6. The van der Waals surface area contributed by atoms with Gasteiger partial charge in [0.15, 0.2) is 6.10 Å². The van der Waals surface area contributed by atoms with E-state index in [9.17, 15) is 23.2 Å². The highest BCUT2D eigenvalue weighted by molar-refractivity contribution is 7.98. The lowest BCUT2D eigenvalue weighted by molar-refractivity contribution is -0.155. The van der Waals surface area contributed by atoms with Crippen LogP contribution in [-0.4, -0.2) is 48.7 Å². The number of amides is 3. The molecule has 1 aromatic carbocycles. The second-order valence-electron chi connectivity index (χ2n) is 5.29. The maximum Gasteiger partial charge on any atom is 0.387 e. The Morgan fingerprint density at radius 3 is 2.52 bits per heavy atom. The molecule has 27 heavy (non-hydrogen) atoms. The number of primary amides is 1. The van der Waals surface area contributed by atoms with Crippen LogP contribution in [0.25, 0.3) is 0 Å². The molecule has 3 amide bonds. The molecule has 0 aliphatic heterocycles. The van der Waals surface area contributed by atoms with E-state index in [0.717, 1.165) is 0 Å². The van der Waals surface area contributed by atoms with Gasteiger partial charge in [0.2, 0.25) is 0 Å². The first-order valence-electron chi connectivity index (χ1n) is 7.84. The molecule has 1 aromatic rings. The Labute approximate surface area is 159 Å². The lowest BCUT2D eigenvalue weighted by Gasteiger charge is -2.20. The van der Waals surface area contributed by atoms with Crippen molar-refractivity contribution >= 4 is 35.4 Å². The number of anilines is 1. The van der Waals surface area contributed by atoms with Gasteiger partial charge in [-0.1, -0.05) is 12.1 Å². The first kappa shape index (κ1) is 22.5. The molecule has 1 rings (SSSR count). The summed E-state index contributed by atoms with van der Waals surface area (Å²) in [6.07, 6.45) is 0.841. The van der Waals surface area contributed by atoms with Crippen molar-refractivity contribution in [2.24, 2.45) is 5.73 Å². The highest BCUT2D eigenvalue weighted by atomic mass is 32.2. The van der Waals surface area contributed by atoms with Crippen LogP contribution in [0, 0.1) is 0 Å². The van der Waals surface area contributed by atoms with Crippen molar-refractivity contribution in [3.05, 3.63) is 24.3 Å². The number of benzene rings is 1. The number of para-hydroxylation sites is 2. The second-order valence-corrected chi connectivity index (χ2v) is 6.27. The molecule has 0 saturated carbocycles. The van der Waals surface area contributed by atoms with Crippen molar-refractivity contribution in [1.82, 2.24) is 5.32 Å². The summed E-state index contributed by atoms with van der Waals surface area (Å²) in [4.78, 5) is 35.4. The standard InChI is InChI=1S/C16H21F2N3O5S/c1-9(25-14(23)11(7-8-27-2)21-16(19)24)13(22)20-10-5-3-4-6-12(10)26-15(17)18/h3-6,9,11,15H,7-8H2,1-2H3,(H,20,22)(H3,19,21,24)/t9-,11+/m0/s1. The number of urea groups is 1. The van der Waals surface area contributed by atoms with E-state index < -0.39 is 36.7 Å². The lowest BCUT2D eigenvalue weighted by Crippen LogP contribution is -2.46. The number of carbonyl (C=O) groups excluding carboxylic acids is 3. The molecule has 4 N–H and O–H groups in total. The SMILES string of the molecule is CSCC[C@@H](NC(N)=O)C(=O)O[C@@H](C)C(=O)Nc1ccccc1OC(F)F. The maximum absolute atomic E-state index is 12.4. The van der Waals surface area contributed by atoms with Crippen LogP contribution >= 0.6 is 11.8 Å². The van der Waals surface area contributed by atoms with E-state index in [1.807, 2.05) is 6.26 Å². The van der Waals surface area contributed by atoms with Crippen molar-refractivity contribution in [2.75, 3.05) is 17.3 Å². The van der Waals surface area contributed by atoms with Gasteiger partial charge < -0.3 is 25.8 Å². The molecule has 0 spiro atoms. The van der Waals surface area contributed by atoms with Gasteiger partial charge in [0.05, 0.1) is 5.69 Å². The van der Waals surface area contributed by atoms with Crippen LogP contribution in [0.15, 0.2) is 24.3 Å². The van der Waals surface area contributed by atoms with Crippen molar-refractivity contribution < 1.29 is 32.6 Å². The topological polar surface area (TPSA) is 120 Å². The molecule has 0 fully saturated rings. The fourth-order valence-corrected chi connectivity index (χ4v) is 2.44. The van der Waals surface area contributed by atoms with Crippen molar-refractivity contribution in [3.8, 4) is 5.75 Å². The van der Waals surface area contributed by atoms with Crippen LogP contribution in [0.3, 0.4) is 0 Å². The van der Waals surface area contributed by atoms with E-state index in [1.165, 1.54) is 43.0 Å². The summed E-state index contributed by atoms with van der Waals surface area (Å²) >= 11 is 1.45. The normalized spacial score (nSPS) is 12.8. The molecule has 2 atom stereocenters. The van der Waals surface area contributed by atoms with Gasteiger partial charge in [-0.15, -0.1) is 0 Å². The Bertz CT molecular complexity index is 663. The number of hydrogen-bond acceptors (Lipinski definition) is 6. The molecule has 0 aromatic heterocycles. The zero-order valence-electron chi connectivity index (χ0n) is 14.7. The van der Waals surface area contributed by atoms with Gasteiger partial charge in [-0.2, -0.15) is 20.5 Å². The Kier molecular flexibility index (Phi) is 9.34. The minimum absolute atomic E-state index is 0.0000991. The fraction of sp³-hybridized carbons (Fsp3) is 0.438. The number of nitrogens with one attached hydrogen (secondary N) is 2. The summed E-state index contributed by atoms with van der Waals surface area (Å²) in [5.41, 5.74) is 5.03. The first-order valence-corrected chi connectivity index (χ1v) is 9.24. The minimum atomic E-state index is -3.06. The van der Waals surface area contributed by atoms with Gasteiger partial charge in [-0.25, -0.2) is 9.59 Å². The van der Waals surface area contributed by atoms with Crippen molar-refractivity contribution in [2.45, 2.75) is 32.1 Å². The molecular weight excluding hydrogens is 384 g/mol. The monoisotopic (exact) mass is 405 g/mol. The first-order chi connectivity index (χ1) is 12.7. The number of rotatable bonds is 10. The molecule has 0 aliphatic rings. The lowest BCUT2D eigenvalue weighted by atomic mass is 10.2. The van der Waals surface area contributed by atoms with Crippen LogP contribution in [0.1, 0.15) is 13.3 Å². The van der Waals surface area contributed by atoms with Crippen LogP contribution < -0.4 is 21.1 Å². The summed E-state index contributed by atoms with van der Waals surface area (Å²) in [7, 11) is 0. The fourth-order valence-electron chi connectivity index (χ4n) is 1.97. The Morgan fingerprint density at radius 1 is 1.26 bits per heavy atom. The Morgan fingerprint density at radius 2 is 1.93 bits per heavy atom. The van der Waals surface area contributed by atoms with Crippen LogP contribution in [0.2, 0.25) is 0 Å². The predicted octanol–water partition coefficient (Wildman–Crippen LogP) is 1.95. The molecular formula is C16H21F2N3O5S. The summed E-state index contributed by atoms with van der Waals surface area (Å²) in [6, 6.07) is 3.70. The molecule has 0 saturated heterocycles. The second kappa shape index (κ2) is 11.2. The van der Waals surface area contributed by atoms with Gasteiger partial charge in [0.1, 0.15) is 11.8 Å². The van der Waals surface area contributed by atoms with E-state index in [-0.39, 0.29) is 17.9 Å². The van der Waals surface area contributed by atoms with E-state index in [0.29, 0.717) is 5.75 Å². The number of ether oxygens (including phenoxy) is 2. The highest BCUT2D eigenvalue weighted by Crippen LogP contribution is 2.25. The third-order valence-corrected chi connectivity index (χ3v) is 3.88. The number of nitrogens with two attached hydrogens (primary N) is 1. The van der Waals surface area contributed by atoms with E-state index in [4.69, 9.17) is 10.5 Å². The summed E-state index contributed by atoms with van der Waals surface area (Å²) < 4.78 is 34.2. The van der Waals surface area contributed by atoms with Gasteiger partial charge >= 0.3 is 18.6 Å². The van der Waals surface area contributed by atoms with E-state index in [1.54, 1.807) is 0 Å². The molecule has 0 radical (unpaired) electrons. The third-order valence-electron chi connectivity index (χ3n) is 3.23. The quantitative estimate of drug-likeness (QED) is 0.512. The number of alkyl halides is 2. The summed E-state index contributed by atoms with van der Waals surface area (Å²) in [6.45, 7) is -1.75. The van der Waals surface area contributed by atoms with Crippen LogP contribution in [-0.2, 0) is 14.3 Å². The zero-order chi connectivity index (χ0) is 20.4. The van der Waals surface area contributed by atoms with Gasteiger partial charge in [-0.05, 0) is 37.5 Å². The molecule has 0 unspecified atom stereocenters. The highest BCUT2D eigenvalue weighted by Gasteiger charge is 2.26. The molecule has 0 heterocycles. The van der Waals surface area contributed by atoms with Crippen molar-refractivity contribution in [3.63, 3.8) is 0 Å². The summed E-state index contributed by atoms with van der Waals surface area (Å²) in [5, 5.41) is 4.61. The molecule has 8 nitrogen and oxygen atoms in total. The molecule has 0 bridgehead atoms. The van der Waals surface area contributed by atoms with E-state index >= 15 is 0 Å². The average Bonchev–Trinajstić information content (AvgIpc) is 2.59.